The minimum atomic E-state index is -1.15. The van der Waals surface area contributed by atoms with E-state index in [4.69, 9.17) is 18.9 Å². The summed E-state index contributed by atoms with van der Waals surface area (Å²) >= 11 is 0. The van der Waals surface area contributed by atoms with Crippen molar-refractivity contribution in [2.24, 2.45) is 0 Å². The van der Waals surface area contributed by atoms with Crippen molar-refractivity contribution in [3.8, 4) is 28.7 Å². The van der Waals surface area contributed by atoms with Gasteiger partial charge in [-0.3, -0.25) is 14.4 Å². The maximum Gasteiger partial charge on any atom is 0.338 e. The van der Waals surface area contributed by atoms with Crippen molar-refractivity contribution >= 4 is 29.3 Å². The lowest BCUT2D eigenvalue weighted by molar-refractivity contribution is 0.0589. The second-order valence-corrected chi connectivity index (χ2v) is 8.26. The van der Waals surface area contributed by atoms with Crippen molar-refractivity contribution in [2.75, 3.05) is 28.4 Å². The highest BCUT2D eigenvalue weighted by Crippen LogP contribution is 2.36. The Morgan fingerprint density at radius 1 is 0.575 bits per heavy atom. The minimum absolute atomic E-state index is 0.0114. The average Bonchev–Trinajstić information content (AvgIpc) is 2.94. The fourth-order valence-corrected chi connectivity index (χ4v) is 3.94. The maximum atomic E-state index is 13.7. The molecule has 40 heavy (non-hydrogen) atoms. The molecule has 3 aromatic rings. The van der Waals surface area contributed by atoms with Crippen molar-refractivity contribution in [1.29, 1.82) is 0 Å². The summed E-state index contributed by atoms with van der Waals surface area (Å²) < 4.78 is 19.5. The summed E-state index contributed by atoms with van der Waals surface area (Å²) in [4.78, 5) is 64.5. The lowest BCUT2D eigenvalue weighted by atomic mass is 9.89. The Morgan fingerprint density at radius 2 is 1.00 bits per heavy atom. The van der Waals surface area contributed by atoms with Gasteiger partial charge in [0.05, 0.1) is 61.8 Å². The first-order valence-electron chi connectivity index (χ1n) is 11.4. The number of benzene rings is 3. The van der Waals surface area contributed by atoms with Gasteiger partial charge in [-0.05, 0) is 31.2 Å². The Hall–Kier alpha value is -5.39. The highest BCUT2D eigenvalue weighted by atomic mass is 16.5. The van der Waals surface area contributed by atoms with Gasteiger partial charge in [0.1, 0.15) is 28.7 Å². The van der Waals surface area contributed by atoms with Gasteiger partial charge in [-0.15, -0.1) is 0 Å². The Morgan fingerprint density at radius 3 is 1.40 bits per heavy atom. The highest BCUT2D eigenvalue weighted by molar-refractivity contribution is 6.22. The number of phenols is 3. The number of ether oxygens (including phenoxy) is 4. The van der Waals surface area contributed by atoms with E-state index < -0.39 is 79.9 Å². The SMILES string of the molecule is COC(=O)c1cc(OC)cc(O)c1C(=O)c1cc(C(C)=O)c(O)c(C(=O)c2c(O)cc(OC)cc2C(=O)OC)c1. The zero-order valence-electron chi connectivity index (χ0n) is 22.0. The number of hydrogen-bond acceptors (Lipinski definition) is 12. The fourth-order valence-electron chi connectivity index (χ4n) is 3.94. The van der Waals surface area contributed by atoms with E-state index in [0.29, 0.717) is 0 Å². The van der Waals surface area contributed by atoms with E-state index in [1.165, 1.54) is 14.2 Å². The van der Waals surface area contributed by atoms with Crippen LogP contribution in [0.15, 0.2) is 36.4 Å². The lowest BCUT2D eigenvalue weighted by Crippen LogP contribution is -2.16. The number of phenolic OH excluding ortho intramolecular Hbond substituents is 3. The quantitative estimate of drug-likeness (QED) is 0.261. The molecule has 0 aliphatic rings. The van der Waals surface area contributed by atoms with Gasteiger partial charge < -0.3 is 34.3 Å². The molecule has 208 valence electrons. The summed E-state index contributed by atoms with van der Waals surface area (Å²) in [5.41, 5.74) is -3.45. The van der Waals surface area contributed by atoms with Crippen LogP contribution >= 0.6 is 0 Å². The molecule has 0 aliphatic carbocycles. The van der Waals surface area contributed by atoms with Gasteiger partial charge in [0.25, 0.3) is 0 Å². The summed E-state index contributed by atoms with van der Waals surface area (Å²) in [5, 5.41) is 32.0. The number of carbonyl (C=O) groups is 5. The monoisotopic (exact) mass is 552 g/mol. The van der Waals surface area contributed by atoms with Crippen molar-refractivity contribution in [3.05, 3.63) is 75.3 Å². The summed E-state index contributed by atoms with van der Waals surface area (Å²) in [6, 6.07) is 6.23. The molecule has 0 aromatic heterocycles. The molecule has 12 heteroatoms. The average molecular weight is 552 g/mol. The van der Waals surface area contributed by atoms with Crippen molar-refractivity contribution < 1.29 is 58.2 Å². The summed E-state index contributed by atoms with van der Waals surface area (Å²) in [7, 11) is 4.62. The molecule has 0 bridgehead atoms. The number of rotatable bonds is 9. The van der Waals surface area contributed by atoms with Gasteiger partial charge in [-0.25, -0.2) is 9.59 Å². The zero-order chi connectivity index (χ0) is 29.9. The first-order chi connectivity index (χ1) is 18.9. The highest BCUT2D eigenvalue weighted by Gasteiger charge is 2.31. The summed E-state index contributed by atoms with van der Waals surface area (Å²) in [6.07, 6.45) is 0. The number of aromatic hydroxyl groups is 3. The molecule has 0 radical (unpaired) electrons. The van der Waals surface area contributed by atoms with E-state index in [0.717, 1.165) is 57.5 Å². The maximum absolute atomic E-state index is 13.7. The van der Waals surface area contributed by atoms with Crippen LogP contribution in [0.2, 0.25) is 0 Å². The van der Waals surface area contributed by atoms with Crippen LogP contribution in [-0.2, 0) is 9.47 Å². The molecule has 0 aliphatic heterocycles. The first-order valence-corrected chi connectivity index (χ1v) is 11.4. The van der Waals surface area contributed by atoms with Crippen LogP contribution in [0.25, 0.3) is 0 Å². The first kappa shape index (κ1) is 29.2. The Labute approximate surface area is 227 Å². The second kappa shape index (κ2) is 11.6. The predicted molar refractivity (Wildman–Crippen MR) is 137 cm³/mol. The Bertz CT molecular complexity index is 1570. The molecule has 3 rings (SSSR count). The molecule has 0 fully saturated rings. The third kappa shape index (κ3) is 5.27. The van der Waals surface area contributed by atoms with E-state index in [2.05, 4.69) is 0 Å². The van der Waals surface area contributed by atoms with Crippen molar-refractivity contribution in [1.82, 2.24) is 0 Å². The molecule has 3 N–H and O–H groups in total. The van der Waals surface area contributed by atoms with Crippen molar-refractivity contribution in [2.45, 2.75) is 6.92 Å². The van der Waals surface area contributed by atoms with Gasteiger partial charge in [0, 0.05) is 17.7 Å². The van der Waals surface area contributed by atoms with Crippen LogP contribution < -0.4 is 9.47 Å². The summed E-state index contributed by atoms with van der Waals surface area (Å²) in [5.74, 6) is -7.13. The molecule has 0 saturated heterocycles. The van der Waals surface area contributed by atoms with Crippen LogP contribution in [0.4, 0.5) is 0 Å². The Kier molecular flexibility index (Phi) is 8.43. The third-order valence-electron chi connectivity index (χ3n) is 5.91. The van der Waals surface area contributed by atoms with E-state index in [9.17, 15) is 39.3 Å². The summed E-state index contributed by atoms with van der Waals surface area (Å²) in [6.45, 7) is 1.06. The van der Waals surface area contributed by atoms with Gasteiger partial charge in [-0.2, -0.15) is 0 Å². The van der Waals surface area contributed by atoms with Crippen LogP contribution in [0, 0.1) is 0 Å². The van der Waals surface area contributed by atoms with E-state index in [-0.39, 0.29) is 17.1 Å². The van der Waals surface area contributed by atoms with Crippen LogP contribution in [-0.4, -0.2) is 73.0 Å². The number of hydrogen-bond donors (Lipinski definition) is 3. The number of Topliss-reactive ketones (excluding diaryl/α,β-unsaturated/α-hetero) is 1. The fraction of sp³-hybridized carbons (Fsp3) is 0.179. The van der Waals surface area contributed by atoms with Crippen LogP contribution in [0.3, 0.4) is 0 Å². The molecule has 0 amide bonds. The molecule has 0 unspecified atom stereocenters. The normalized spacial score (nSPS) is 10.4. The number of esters is 2. The molecular weight excluding hydrogens is 528 g/mol. The number of ketones is 3. The van der Waals surface area contributed by atoms with Crippen LogP contribution in [0.1, 0.15) is 69.8 Å². The minimum Gasteiger partial charge on any atom is -0.507 e. The van der Waals surface area contributed by atoms with Gasteiger partial charge >= 0.3 is 11.9 Å². The zero-order valence-corrected chi connectivity index (χ0v) is 22.0. The van der Waals surface area contributed by atoms with E-state index in [1.807, 2.05) is 0 Å². The Balaban J connectivity index is 2.33. The van der Waals surface area contributed by atoms with Gasteiger partial charge in [0.15, 0.2) is 11.6 Å². The van der Waals surface area contributed by atoms with Gasteiger partial charge in [0.2, 0.25) is 5.78 Å². The predicted octanol–water partition coefficient (Wildman–Crippen LogP) is 3.06. The number of methoxy groups -OCH3 is 4. The van der Waals surface area contributed by atoms with Crippen LogP contribution in [0.5, 0.6) is 28.7 Å². The molecular formula is C28H24O12. The van der Waals surface area contributed by atoms with E-state index >= 15 is 0 Å². The molecule has 0 heterocycles. The molecule has 0 saturated carbocycles. The van der Waals surface area contributed by atoms with E-state index in [1.54, 1.807) is 0 Å². The molecule has 3 aromatic carbocycles. The lowest BCUT2D eigenvalue weighted by Gasteiger charge is -2.15. The van der Waals surface area contributed by atoms with Crippen molar-refractivity contribution in [3.63, 3.8) is 0 Å². The molecule has 0 spiro atoms. The topological polar surface area (TPSA) is 183 Å². The standard InChI is InChI=1S/C28H24O12/c1-12(29)16-6-13(24(32)22-17(27(35)39-4)8-14(37-2)10-20(22)30)7-19(25(16)33)26(34)23-18(28(36)40-5)9-15(38-3)11-21(23)31/h6-11,30-31,33H,1-5H3. The molecule has 12 nitrogen and oxygen atoms in total. The largest absolute Gasteiger partial charge is 0.507 e. The molecule has 0 atom stereocenters. The van der Waals surface area contributed by atoms with Gasteiger partial charge in [-0.1, -0.05) is 0 Å². The smallest absolute Gasteiger partial charge is 0.338 e. The second-order valence-electron chi connectivity index (χ2n) is 8.26. The number of carbonyl (C=O) groups excluding carboxylic acids is 5. The third-order valence-corrected chi connectivity index (χ3v) is 5.91.